The highest BCUT2D eigenvalue weighted by Gasteiger charge is 2.16. The van der Waals surface area contributed by atoms with Crippen LogP contribution in [0.25, 0.3) is 21.7 Å². The molecule has 0 saturated carbocycles. The monoisotopic (exact) mass is 595 g/mol. The van der Waals surface area contributed by atoms with Crippen LogP contribution in [-0.2, 0) is 13.0 Å². The molecule has 1 heterocycles. The van der Waals surface area contributed by atoms with E-state index in [0.29, 0.717) is 41.3 Å². The maximum Gasteiger partial charge on any atom is 0.282 e. The van der Waals surface area contributed by atoms with Crippen molar-refractivity contribution in [3.05, 3.63) is 123 Å². The van der Waals surface area contributed by atoms with Gasteiger partial charge in [-0.15, -0.1) is 6.58 Å². The summed E-state index contributed by atoms with van der Waals surface area (Å²) in [5, 5.41) is 7.41. The van der Waals surface area contributed by atoms with Crippen molar-refractivity contribution in [1.82, 2.24) is 9.66 Å². The van der Waals surface area contributed by atoms with Crippen LogP contribution in [0.1, 0.15) is 42.3 Å². The lowest BCUT2D eigenvalue weighted by atomic mass is 10.0. The maximum absolute atomic E-state index is 13.4. The van der Waals surface area contributed by atoms with Crippen molar-refractivity contribution in [3.63, 3.8) is 0 Å². The van der Waals surface area contributed by atoms with Crippen LogP contribution in [0.5, 0.6) is 11.5 Å². The molecule has 0 atom stereocenters. The average molecular weight is 597 g/mol. The lowest BCUT2D eigenvalue weighted by Crippen LogP contribution is -2.23. The number of methoxy groups -OCH3 is 1. The van der Waals surface area contributed by atoms with E-state index in [0.717, 1.165) is 26.5 Å². The molecule has 0 unspecified atom stereocenters. The number of aromatic nitrogens is 2. The Bertz CT molecular complexity index is 1800. The second kappa shape index (κ2) is 11.9. The van der Waals surface area contributed by atoms with Gasteiger partial charge in [0.25, 0.3) is 5.56 Å². The molecule has 5 aromatic rings. The number of rotatable bonds is 9. The van der Waals surface area contributed by atoms with Crippen LogP contribution in [0.15, 0.2) is 99.8 Å². The Kier molecular flexibility index (Phi) is 8.12. The van der Waals surface area contributed by atoms with Crippen molar-refractivity contribution in [2.75, 3.05) is 7.11 Å². The van der Waals surface area contributed by atoms with Crippen molar-refractivity contribution < 1.29 is 9.47 Å². The molecular formula is C33H30BrN3O3. The molecule has 1 aromatic heterocycles. The number of allylic oxidation sites excluding steroid dienone is 1. The third-order valence-corrected chi connectivity index (χ3v) is 7.16. The SMILES string of the molecule is C=CCc1cc(C=Nn2c(C(C)C)nc3ccc(Br)cc3c2=O)cc(OC)c1OCc1cccc2ccccc12. The number of hydrogen-bond donors (Lipinski definition) is 0. The Hall–Kier alpha value is -4.23. The lowest BCUT2D eigenvalue weighted by molar-refractivity contribution is 0.283. The summed E-state index contributed by atoms with van der Waals surface area (Å²) in [4.78, 5) is 18.1. The quantitative estimate of drug-likeness (QED) is 0.130. The maximum atomic E-state index is 13.4. The Morgan fingerprint density at radius 3 is 2.60 bits per heavy atom. The van der Waals surface area contributed by atoms with E-state index < -0.39 is 0 Å². The van der Waals surface area contributed by atoms with E-state index in [1.807, 2.05) is 62.4 Å². The lowest BCUT2D eigenvalue weighted by Gasteiger charge is -2.17. The number of nitrogens with zero attached hydrogens (tertiary/aromatic N) is 3. The minimum atomic E-state index is -0.223. The smallest absolute Gasteiger partial charge is 0.282 e. The summed E-state index contributed by atoms with van der Waals surface area (Å²) in [5.41, 5.74) is 3.19. The fourth-order valence-corrected chi connectivity index (χ4v) is 5.09. The second-order valence-corrected chi connectivity index (χ2v) is 10.7. The molecule has 40 heavy (non-hydrogen) atoms. The largest absolute Gasteiger partial charge is 0.493 e. The van der Waals surface area contributed by atoms with Crippen LogP contribution in [0.2, 0.25) is 0 Å². The van der Waals surface area contributed by atoms with Crippen LogP contribution >= 0.6 is 15.9 Å². The normalized spacial score (nSPS) is 11.5. The van der Waals surface area contributed by atoms with Gasteiger partial charge in [0, 0.05) is 16.0 Å². The van der Waals surface area contributed by atoms with Gasteiger partial charge in [-0.2, -0.15) is 9.78 Å². The number of ether oxygens (including phenoxy) is 2. The highest BCUT2D eigenvalue weighted by atomic mass is 79.9. The standard InChI is InChI=1S/C33H30BrN3O3/c1-5-9-24-16-22(19-35-37-32(21(2)3)36-29-15-14-26(34)18-28(29)33(37)38)17-30(39-4)31(24)40-20-25-12-8-11-23-10-6-7-13-27(23)25/h5-8,10-19,21H,1,9,20H2,2-4H3. The van der Waals surface area contributed by atoms with E-state index in [-0.39, 0.29) is 11.5 Å². The van der Waals surface area contributed by atoms with E-state index in [1.54, 1.807) is 19.4 Å². The first-order valence-corrected chi connectivity index (χ1v) is 13.9. The van der Waals surface area contributed by atoms with Crippen molar-refractivity contribution in [1.29, 1.82) is 0 Å². The average Bonchev–Trinajstić information content (AvgIpc) is 2.96. The molecule has 0 radical (unpaired) electrons. The van der Waals surface area contributed by atoms with Gasteiger partial charge in [-0.05, 0) is 58.7 Å². The first kappa shape index (κ1) is 27.3. The van der Waals surface area contributed by atoms with Gasteiger partial charge in [0.2, 0.25) is 0 Å². The summed E-state index contributed by atoms with van der Waals surface area (Å²) < 4.78 is 14.3. The van der Waals surface area contributed by atoms with Gasteiger partial charge in [-0.1, -0.05) is 78.3 Å². The Morgan fingerprint density at radius 1 is 1.02 bits per heavy atom. The molecule has 7 heteroatoms. The van der Waals surface area contributed by atoms with Gasteiger partial charge in [0.15, 0.2) is 11.5 Å². The third kappa shape index (κ3) is 5.56. The first-order valence-electron chi connectivity index (χ1n) is 13.1. The van der Waals surface area contributed by atoms with Crippen molar-refractivity contribution in [3.8, 4) is 11.5 Å². The molecule has 0 aliphatic heterocycles. The molecule has 0 aliphatic rings. The molecular weight excluding hydrogens is 566 g/mol. The Balaban J connectivity index is 1.52. The van der Waals surface area contributed by atoms with Crippen LogP contribution in [0.3, 0.4) is 0 Å². The zero-order chi connectivity index (χ0) is 28.2. The van der Waals surface area contributed by atoms with E-state index in [4.69, 9.17) is 14.5 Å². The zero-order valence-electron chi connectivity index (χ0n) is 22.7. The van der Waals surface area contributed by atoms with Gasteiger partial charge in [0.1, 0.15) is 12.4 Å². The summed E-state index contributed by atoms with van der Waals surface area (Å²) in [6, 6.07) is 23.8. The second-order valence-electron chi connectivity index (χ2n) is 9.78. The fourth-order valence-electron chi connectivity index (χ4n) is 4.72. The van der Waals surface area contributed by atoms with Crippen LogP contribution in [0.4, 0.5) is 0 Å². The van der Waals surface area contributed by atoms with Crippen molar-refractivity contribution >= 4 is 43.8 Å². The third-order valence-electron chi connectivity index (χ3n) is 6.66. The Morgan fingerprint density at radius 2 is 1.82 bits per heavy atom. The van der Waals surface area contributed by atoms with E-state index in [9.17, 15) is 4.79 Å². The molecule has 0 saturated heterocycles. The van der Waals surface area contributed by atoms with E-state index >= 15 is 0 Å². The van der Waals surface area contributed by atoms with Gasteiger partial charge in [0.05, 0.1) is 24.2 Å². The number of benzene rings is 4. The summed E-state index contributed by atoms with van der Waals surface area (Å²) in [6.07, 6.45) is 4.06. The molecule has 0 amide bonds. The summed E-state index contributed by atoms with van der Waals surface area (Å²) in [7, 11) is 1.62. The van der Waals surface area contributed by atoms with Gasteiger partial charge in [-0.3, -0.25) is 4.79 Å². The predicted molar refractivity (Wildman–Crippen MR) is 166 cm³/mol. The minimum absolute atomic E-state index is 0.00592. The van der Waals surface area contributed by atoms with Crippen molar-refractivity contribution in [2.45, 2.75) is 32.8 Å². The summed E-state index contributed by atoms with van der Waals surface area (Å²) in [6.45, 7) is 8.30. The summed E-state index contributed by atoms with van der Waals surface area (Å²) in [5.74, 6) is 1.82. The van der Waals surface area contributed by atoms with Crippen LogP contribution in [-0.4, -0.2) is 23.0 Å². The number of halogens is 1. The first-order chi connectivity index (χ1) is 19.4. The molecule has 6 nitrogen and oxygen atoms in total. The zero-order valence-corrected chi connectivity index (χ0v) is 24.3. The molecule has 0 aliphatic carbocycles. The highest BCUT2D eigenvalue weighted by molar-refractivity contribution is 9.10. The molecule has 0 spiro atoms. The Labute approximate surface area is 241 Å². The highest BCUT2D eigenvalue weighted by Crippen LogP contribution is 2.34. The van der Waals surface area contributed by atoms with Gasteiger partial charge < -0.3 is 9.47 Å². The minimum Gasteiger partial charge on any atom is -0.493 e. The van der Waals surface area contributed by atoms with Crippen LogP contribution in [0, 0.1) is 0 Å². The molecule has 0 N–H and O–H groups in total. The van der Waals surface area contributed by atoms with Crippen molar-refractivity contribution in [2.24, 2.45) is 5.10 Å². The molecule has 0 bridgehead atoms. The van der Waals surface area contributed by atoms with E-state index in [1.165, 1.54) is 10.1 Å². The number of fused-ring (bicyclic) bond motifs is 2. The van der Waals surface area contributed by atoms with E-state index in [2.05, 4.69) is 51.9 Å². The number of hydrogen-bond acceptors (Lipinski definition) is 5. The molecule has 5 rings (SSSR count). The summed E-state index contributed by atoms with van der Waals surface area (Å²) >= 11 is 3.45. The van der Waals surface area contributed by atoms with Gasteiger partial charge >= 0.3 is 0 Å². The molecule has 4 aromatic carbocycles. The predicted octanol–water partition coefficient (Wildman–Crippen LogP) is 7.63. The molecule has 0 fully saturated rings. The molecule has 202 valence electrons. The topological polar surface area (TPSA) is 65.7 Å². The van der Waals surface area contributed by atoms with Gasteiger partial charge in [-0.25, -0.2) is 4.98 Å². The van der Waals surface area contributed by atoms with Crippen LogP contribution < -0.4 is 15.0 Å². The fraction of sp³-hybridized carbons (Fsp3) is 0.182.